The number of alkyl carbamates (subject to hydrolysis) is 1. The molecule has 0 aromatic rings. The fourth-order valence-electron chi connectivity index (χ4n) is 1.32. The first-order valence-corrected chi connectivity index (χ1v) is 5.56. The predicted molar refractivity (Wildman–Crippen MR) is 63.5 cm³/mol. The molecule has 0 aliphatic carbocycles. The van der Waals surface area contributed by atoms with Crippen LogP contribution < -0.4 is 5.32 Å². The molecule has 1 heterocycles. The molecule has 1 aliphatic heterocycles. The number of nitrogens with zero attached hydrogens (tertiary/aromatic N) is 1. The van der Waals surface area contributed by atoms with Gasteiger partial charge < -0.3 is 20.0 Å². The van der Waals surface area contributed by atoms with Crippen molar-refractivity contribution in [1.82, 2.24) is 5.32 Å². The summed E-state index contributed by atoms with van der Waals surface area (Å²) in [5.41, 5.74) is 0. The molecular formula is C10H13ClN2O5. The number of aliphatic carboxylic acids is 1. The molecule has 18 heavy (non-hydrogen) atoms. The van der Waals surface area contributed by atoms with Gasteiger partial charge in [-0.1, -0.05) is 29.4 Å². The fraction of sp³-hybridized carbons (Fsp3) is 0.500. The number of halogens is 1. The van der Waals surface area contributed by atoms with Crippen LogP contribution in [0.3, 0.4) is 0 Å². The molecule has 2 N–H and O–H groups in total. The van der Waals surface area contributed by atoms with Crippen molar-refractivity contribution in [3.63, 3.8) is 0 Å². The van der Waals surface area contributed by atoms with Gasteiger partial charge in [0.2, 0.25) is 0 Å². The zero-order chi connectivity index (χ0) is 13.5. The quantitative estimate of drug-likeness (QED) is 0.708. The molecule has 1 amide bonds. The maximum Gasteiger partial charge on any atom is 0.408 e. The van der Waals surface area contributed by atoms with Gasteiger partial charge in [0.05, 0.1) is 0 Å². The number of rotatable bonds is 6. The standard InChI is InChI=1S/C10H13ClN2O5/c1-2-3-17-10(16)12-7(9(14)15)4-6-5-8(11)13-18-6/h2,6-7H,1,3-5H2,(H,12,16)(H,14,15)/t6-,7-/m0/s1. The molecule has 0 saturated heterocycles. The first-order valence-electron chi connectivity index (χ1n) is 5.18. The minimum Gasteiger partial charge on any atom is -0.480 e. The van der Waals surface area contributed by atoms with Gasteiger partial charge in [0.1, 0.15) is 23.9 Å². The Morgan fingerprint density at radius 3 is 3.00 bits per heavy atom. The second-order valence-electron chi connectivity index (χ2n) is 3.56. The van der Waals surface area contributed by atoms with Crippen LogP contribution in [0.1, 0.15) is 12.8 Å². The molecule has 8 heteroatoms. The number of carbonyl (C=O) groups excluding carboxylic acids is 1. The van der Waals surface area contributed by atoms with Gasteiger partial charge in [0.15, 0.2) is 0 Å². The summed E-state index contributed by atoms with van der Waals surface area (Å²) in [4.78, 5) is 27.1. The molecule has 0 aromatic heterocycles. The predicted octanol–water partition coefficient (Wildman–Crippen LogP) is 1.08. The molecular weight excluding hydrogens is 264 g/mol. The third-order valence-corrected chi connectivity index (χ3v) is 2.34. The van der Waals surface area contributed by atoms with E-state index in [-0.39, 0.29) is 18.2 Å². The Morgan fingerprint density at radius 1 is 1.78 bits per heavy atom. The number of carbonyl (C=O) groups is 2. The van der Waals surface area contributed by atoms with Crippen molar-refractivity contribution in [2.75, 3.05) is 6.61 Å². The van der Waals surface area contributed by atoms with Crippen LogP contribution in [0.2, 0.25) is 0 Å². The highest BCUT2D eigenvalue weighted by molar-refractivity contribution is 6.65. The van der Waals surface area contributed by atoms with E-state index in [0.717, 1.165) is 0 Å². The van der Waals surface area contributed by atoms with E-state index in [1.165, 1.54) is 6.08 Å². The first-order chi connectivity index (χ1) is 8.52. The van der Waals surface area contributed by atoms with Gasteiger partial charge in [-0.15, -0.1) is 0 Å². The SMILES string of the molecule is C=CCOC(=O)N[C@@H](C[C@H]1CC(Cl)=NO1)C(=O)O. The Morgan fingerprint density at radius 2 is 2.50 bits per heavy atom. The number of amides is 1. The van der Waals surface area contributed by atoms with Crippen LogP contribution in [-0.4, -0.2) is 41.1 Å². The van der Waals surface area contributed by atoms with Gasteiger partial charge in [-0.3, -0.25) is 0 Å². The lowest BCUT2D eigenvalue weighted by Crippen LogP contribution is -2.43. The second kappa shape index (κ2) is 6.85. The van der Waals surface area contributed by atoms with Gasteiger partial charge >= 0.3 is 12.1 Å². The minimum absolute atomic E-state index is 0.00698. The van der Waals surface area contributed by atoms with Crippen LogP contribution in [0, 0.1) is 0 Å². The van der Waals surface area contributed by atoms with Crippen molar-refractivity contribution < 1.29 is 24.3 Å². The number of carboxylic acids is 1. The largest absolute Gasteiger partial charge is 0.480 e. The van der Waals surface area contributed by atoms with Crippen molar-refractivity contribution in [2.45, 2.75) is 25.0 Å². The van der Waals surface area contributed by atoms with Crippen molar-refractivity contribution in [3.8, 4) is 0 Å². The van der Waals surface area contributed by atoms with Crippen molar-refractivity contribution in [3.05, 3.63) is 12.7 Å². The fourth-order valence-corrected chi connectivity index (χ4v) is 1.54. The molecule has 0 radical (unpaired) electrons. The number of nitrogens with one attached hydrogen (secondary N) is 1. The van der Waals surface area contributed by atoms with Gasteiger partial charge in [-0.2, -0.15) is 0 Å². The Balaban J connectivity index is 2.43. The van der Waals surface area contributed by atoms with Crippen LogP contribution in [0.15, 0.2) is 17.8 Å². The normalized spacial score (nSPS) is 19.4. The minimum atomic E-state index is -1.18. The van der Waals surface area contributed by atoms with E-state index in [0.29, 0.717) is 6.42 Å². The molecule has 1 rings (SSSR count). The lowest BCUT2D eigenvalue weighted by molar-refractivity contribution is -0.140. The molecule has 2 atom stereocenters. The molecule has 0 unspecified atom stereocenters. The monoisotopic (exact) mass is 276 g/mol. The summed E-state index contributed by atoms with van der Waals surface area (Å²) >= 11 is 5.60. The summed E-state index contributed by atoms with van der Waals surface area (Å²) in [6, 6.07) is -1.12. The van der Waals surface area contributed by atoms with E-state index in [9.17, 15) is 9.59 Å². The van der Waals surface area contributed by atoms with E-state index in [4.69, 9.17) is 21.5 Å². The molecule has 1 aliphatic rings. The first kappa shape index (κ1) is 14.3. The van der Waals surface area contributed by atoms with Crippen molar-refractivity contribution in [2.24, 2.45) is 5.16 Å². The van der Waals surface area contributed by atoms with Crippen LogP contribution in [0.25, 0.3) is 0 Å². The van der Waals surface area contributed by atoms with Crippen molar-refractivity contribution in [1.29, 1.82) is 0 Å². The highest BCUT2D eigenvalue weighted by Crippen LogP contribution is 2.17. The zero-order valence-corrected chi connectivity index (χ0v) is 10.2. The van der Waals surface area contributed by atoms with E-state index < -0.39 is 24.2 Å². The second-order valence-corrected chi connectivity index (χ2v) is 3.99. The van der Waals surface area contributed by atoms with Gasteiger partial charge in [-0.05, 0) is 0 Å². The number of hydrogen-bond donors (Lipinski definition) is 2. The van der Waals surface area contributed by atoms with E-state index >= 15 is 0 Å². The van der Waals surface area contributed by atoms with Gasteiger partial charge in [-0.25, -0.2) is 9.59 Å². The molecule has 0 aromatic carbocycles. The summed E-state index contributed by atoms with van der Waals surface area (Å²) in [5, 5.41) is 14.9. The molecule has 100 valence electrons. The Labute approximate surface area is 108 Å². The van der Waals surface area contributed by atoms with Crippen LogP contribution in [0.5, 0.6) is 0 Å². The van der Waals surface area contributed by atoms with Crippen molar-refractivity contribution >= 4 is 28.8 Å². The maximum absolute atomic E-state index is 11.2. The number of carboxylic acid groups (broad SMARTS) is 1. The molecule has 0 fully saturated rings. The van der Waals surface area contributed by atoms with Crippen LogP contribution in [-0.2, 0) is 14.4 Å². The Kier molecular flexibility index (Phi) is 5.44. The Bertz CT molecular complexity index is 371. The lowest BCUT2D eigenvalue weighted by atomic mass is 10.1. The topological polar surface area (TPSA) is 97.2 Å². The summed E-state index contributed by atoms with van der Waals surface area (Å²) in [6.45, 7) is 3.37. The highest BCUT2D eigenvalue weighted by Gasteiger charge is 2.29. The van der Waals surface area contributed by atoms with Gasteiger partial charge in [0, 0.05) is 12.8 Å². The Hall–Kier alpha value is -1.76. The molecule has 7 nitrogen and oxygen atoms in total. The number of ether oxygens (including phenoxy) is 1. The highest BCUT2D eigenvalue weighted by atomic mass is 35.5. The van der Waals surface area contributed by atoms with E-state index in [1.807, 2.05) is 0 Å². The lowest BCUT2D eigenvalue weighted by Gasteiger charge is -2.16. The summed E-state index contributed by atoms with van der Waals surface area (Å²) in [5.74, 6) is -1.18. The van der Waals surface area contributed by atoms with Gasteiger partial charge in [0.25, 0.3) is 0 Å². The van der Waals surface area contributed by atoms with Crippen LogP contribution in [0.4, 0.5) is 4.79 Å². The maximum atomic E-state index is 11.2. The smallest absolute Gasteiger partial charge is 0.408 e. The third kappa shape index (κ3) is 4.62. The third-order valence-electron chi connectivity index (χ3n) is 2.12. The summed E-state index contributed by atoms with van der Waals surface area (Å²) in [6.07, 6.45) is 0.473. The zero-order valence-electron chi connectivity index (χ0n) is 9.47. The summed E-state index contributed by atoms with van der Waals surface area (Å²) < 4.78 is 4.63. The summed E-state index contributed by atoms with van der Waals surface area (Å²) in [7, 11) is 0. The molecule has 0 saturated carbocycles. The molecule has 0 bridgehead atoms. The average molecular weight is 277 g/mol. The molecule has 0 spiro atoms. The van der Waals surface area contributed by atoms with Crippen LogP contribution >= 0.6 is 11.6 Å². The number of hydrogen-bond acceptors (Lipinski definition) is 5. The average Bonchev–Trinajstić information content (AvgIpc) is 2.71. The van der Waals surface area contributed by atoms with E-state index in [1.54, 1.807) is 0 Å². The number of oxime groups is 1. The van der Waals surface area contributed by atoms with E-state index in [2.05, 4.69) is 21.8 Å².